The van der Waals surface area contributed by atoms with E-state index in [4.69, 9.17) is 20.0 Å². The van der Waals surface area contributed by atoms with Crippen LogP contribution in [-0.2, 0) is 19.1 Å². The van der Waals surface area contributed by atoms with Crippen molar-refractivity contribution >= 4 is 28.1 Å². The summed E-state index contributed by atoms with van der Waals surface area (Å²) in [6.07, 6.45) is 0. The van der Waals surface area contributed by atoms with Crippen molar-refractivity contribution in [2.45, 2.75) is 13.8 Å². The first kappa shape index (κ1) is 15.4. The average Bonchev–Trinajstić information content (AvgIpc) is 2.80. The van der Waals surface area contributed by atoms with Crippen LogP contribution < -0.4 is 5.73 Å². The van der Waals surface area contributed by atoms with Crippen molar-refractivity contribution < 1.29 is 19.1 Å². The highest BCUT2D eigenvalue weighted by Crippen LogP contribution is 2.13. The quantitative estimate of drug-likeness (QED) is 0.332. The Morgan fingerprint density at radius 2 is 2.21 bits per heavy atom. The second kappa shape index (κ2) is 8.44. The van der Waals surface area contributed by atoms with Crippen LogP contribution in [-0.4, -0.2) is 43.1 Å². The van der Waals surface area contributed by atoms with Crippen LogP contribution in [0.25, 0.3) is 0 Å². The van der Waals surface area contributed by atoms with Gasteiger partial charge >= 0.3 is 5.97 Å². The van der Waals surface area contributed by atoms with Gasteiger partial charge in [-0.25, -0.2) is 9.78 Å². The SMILES string of the molecule is CCOCCON=C(C(=O)OCC)c1csc(N)n1. The van der Waals surface area contributed by atoms with Gasteiger partial charge in [-0.15, -0.1) is 11.3 Å². The zero-order chi connectivity index (χ0) is 14.1. The number of nitrogens with two attached hydrogens (primary N) is 1. The maximum Gasteiger partial charge on any atom is 0.362 e. The Balaban J connectivity index is 2.69. The third-order valence-corrected chi connectivity index (χ3v) is 2.59. The molecule has 7 nitrogen and oxygen atoms in total. The first-order valence-electron chi connectivity index (χ1n) is 5.85. The predicted molar refractivity (Wildman–Crippen MR) is 72.1 cm³/mol. The van der Waals surface area contributed by atoms with Crippen LogP contribution in [0.2, 0.25) is 0 Å². The summed E-state index contributed by atoms with van der Waals surface area (Å²) in [7, 11) is 0. The molecule has 0 aliphatic carbocycles. The molecule has 0 fully saturated rings. The molecule has 0 aromatic carbocycles. The summed E-state index contributed by atoms with van der Waals surface area (Å²) in [6, 6.07) is 0. The van der Waals surface area contributed by atoms with E-state index in [0.29, 0.717) is 24.0 Å². The number of oxime groups is 1. The van der Waals surface area contributed by atoms with Crippen molar-refractivity contribution in [3.05, 3.63) is 11.1 Å². The molecule has 19 heavy (non-hydrogen) atoms. The summed E-state index contributed by atoms with van der Waals surface area (Å²) in [5.74, 6) is -0.593. The number of nitrogens with zero attached hydrogens (tertiary/aromatic N) is 2. The van der Waals surface area contributed by atoms with Gasteiger partial charge in [0.15, 0.2) is 5.13 Å². The van der Waals surface area contributed by atoms with E-state index in [-0.39, 0.29) is 18.9 Å². The van der Waals surface area contributed by atoms with Crippen LogP contribution in [0.4, 0.5) is 5.13 Å². The molecule has 1 heterocycles. The summed E-state index contributed by atoms with van der Waals surface area (Å²) in [4.78, 5) is 20.7. The molecule has 0 saturated carbocycles. The number of esters is 1. The number of ether oxygens (including phenoxy) is 2. The first-order chi connectivity index (χ1) is 9.19. The molecule has 1 rings (SSSR count). The number of thiazole rings is 1. The third-order valence-electron chi connectivity index (χ3n) is 1.91. The number of carbonyl (C=O) groups excluding carboxylic acids is 1. The van der Waals surface area contributed by atoms with Crippen LogP contribution in [0.15, 0.2) is 10.5 Å². The Kier molecular flexibility index (Phi) is 6.83. The molecule has 1 aromatic heterocycles. The summed E-state index contributed by atoms with van der Waals surface area (Å²) in [6.45, 7) is 5.08. The van der Waals surface area contributed by atoms with Crippen molar-refractivity contribution in [1.29, 1.82) is 0 Å². The van der Waals surface area contributed by atoms with Gasteiger partial charge < -0.3 is 20.0 Å². The summed E-state index contributed by atoms with van der Waals surface area (Å²) in [5.41, 5.74) is 5.87. The van der Waals surface area contributed by atoms with Gasteiger partial charge in [-0.3, -0.25) is 0 Å². The molecular weight excluding hydrogens is 270 g/mol. The van der Waals surface area contributed by atoms with Crippen molar-refractivity contribution in [2.75, 3.05) is 32.2 Å². The lowest BCUT2D eigenvalue weighted by Crippen LogP contribution is -2.20. The Morgan fingerprint density at radius 3 is 2.79 bits per heavy atom. The van der Waals surface area contributed by atoms with Crippen LogP contribution in [0.1, 0.15) is 19.5 Å². The summed E-state index contributed by atoms with van der Waals surface area (Å²) < 4.78 is 9.98. The molecule has 106 valence electrons. The average molecular weight is 287 g/mol. The number of aromatic nitrogens is 1. The van der Waals surface area contributed by atoms with E-state index in [2.05, 4.69) is 10.1 Å². The van der Waals surface area contributed by atoms with Crippen LogP contribution in [0, 0.1) is 0 Å². The van der Waals surface area contributed by atoms with Crippen LogP contribution >= 0.6 is 11.3 Å². The summed E-state index contributed by atoms with van der Waals surface area (Å²) in [5, 5.41) is 5.72. The van der Waals surface area contributed by atoms with Crippen molar-refractivity contribution in [3.8, 4) is 0 Å². The second-order valence-electron chi connectivity index (χ2n) is 3.26. The third kappa shape index (κ3) is 5.23. The highest BCUT2D eigenvalue weighted by atomic mass is 32.1. The van der Waals surface area contributed by atoms with Crippen molar-refractivity contribution in [2.24, 2.45) is 5.16 Å². The van der Waals surface area contributed by atoms with Gasteiger partial charge in [-0.05, 0) is 13.8 Å². The van der Waals surface area contributed by atoms with Crippen LogP contribution in [0.3, 0.4) is 0 Å². The zero-order valence-electron chi connectivity index (χ0n) is 10.9. The maximum atomic E-state index is 11.7. The van der Waals surface area contributed by atoms with Gasteiger partial charge in [0.1, 0.15) is 12.3 Å². The van der Waals surface area contributed by atoms with E-state index in [1.807, 2.05) is 6.92 Å². The fraction of sp³-hybridized carbons (Fsp3) is 0.545. The molecule has 0 amide bonds. The molecule has 0 bridgehead atoms. The second-order valence-corrected chi connectivity index (χ2v) is 4.15. The van der Waals surface area contributed by atoms with Crippen LogP contribution in [0.5, 0.6) is 0 Å². The van der Waals surface area contributed by atoms with Gasteiger partial charge in [-0.2, -0.15) is 0 Å². The lowest BCUT2D eigenvalue weighted by Gasteiger charge is -2.04. The molecule has 0 saturated heterocycles. The normalized spacial score (nSPS) is 11.4. The molecule has 0 unspecified atom stereocenters. The Bertz CT molecular complexity index is 433. The monoisotopic (exact) mass is 287 g/mol. The standard InChI is InChI=1S/C11H17N3O4S/c1-3-16-5-6-18-14-9(10(15)17-4-2)8-7-19-11(12)13-8/h7H,3-6H2,1-2H3,(H2,12,13). The Morgan fingerprint density at radius 1 is 1.42 bits per heavy atom. The van der Waals surface area contributed by atoms with Gasteiger partial charge in [-0.1, -0.05) is 5.16 Å². The van der Waals surface area contributed by atoms with Gasteiger partial charge in [0.25, 0.3) is 0 Å². The lowest BCUT2D eigenvalue weighted by molar-refractivity contribution is -0.135. The van der Waals surface area contributed by atoms with Crippen molar-refractivity contribution in [3.63, 3.8) is 0 Å². The van der Waals surface area contributed by atoms with E-state index in [9.17, 15) is 4.79 Å². The molecular formula is C11H17N3O4S. The van der Waals surface area contributed by atoms with E-state index >= 15 is 0 Å². The Labute approximate surface area is 115 Å². The number of anilines is 1. The lowest BCUT2D eigenvalue weighted by atomic mass is 10.3. The first-order valence-corrected chi connectivity index (χ1v) is 6.73. The molecule has 8 heteroatoms. The molecule has 2 N–H and O–H groups in total. The number of rotatable bonds is 8. The Hall–Kier alpha value is -1.67. The molecule has 0 aliphatic rings. The minimum Gasteiger partial charge on any atom is -0.461 e. The molecule has 0 atom stereocenters. The number of hydrogen-bond acceptors (Lipinski definition) is 8. The highest BCUT2D eigenvalue weighted by molar-refractivity contribution is 7.13. The van der Waals surface area contributed by atoms with E-state index < -0.39 is 5.97 Å². The summed E-state index contributed by atoms with van der Waals surface area (Å²) >= 11 is 1.21. The van der Waals surface area contributed by atoms with E-state index in [0.717, 1.165) is 0 Å². The molecule has 0 radical (unpaired) electrons. The largest absolute Gasteiger partial charge is 0.461 e. The minimum absolute atomic E-state index is 0.00583. The van der Waals surface area contributed by atoms with Gasteiger partial charge in [0.2, 0.25) is 5.71 Å². The zero-order valence-corrected chi connectivity index (χ0v) is 11.7. The predicted octanol–water partition coefficient (Wildman–Crippen LogP) is 1.05. The topological polar surface area (TPSA) is 96.0 Å². The van der Waals surface area contributed by atoms with Crippen molar-refractivity contribution in [1.82, 2.24) is 4.98 Å². The molecule has 1 aromatic rings. The highest BCUT2D eigenvalue weighted by Gasteiger charge is 2.19. The maximum absolute atomic E-state index is 11.7. The molecule has 0 aliphatic heterocycles. The number of hydrogen-bond donors (Lipinski definition) is 1. The van der Waals surface area contributed by atoms with Gasteiger partial charge in [0.05, 0.1) is 13.2 Å². The number of nitrogen functional groups attached to an aromatic ring is 1. The smallest absolute Gasteiger partial charge is 0.362 e. The number of carbonyl (C=O) groups is 1. The van der Waals surface area contributed by atoms with Gasteiger partial charge in [0, 0.05) is 12.0 Å². The fourth-order valence-electron chi connectivity index (χ4n) is 1.14. The minimum atomic E-state index is -0.593. The van der Waals surface area contributed by atoms with E-state index in [1.165, 1.54) is 11.3 Å². The molecule has 0 spiro atoms. The van der Waals surface area contributed by atoms with E-state index in [1.54, 1.807) is 12.3 Å². The fourth-order valence-corrected chi connectivity index (χ4v) is 1.68.